The van der Waals surface area contributed by atoms with Crippen LogP contribution in [0.1, 0.15) is 18.4 Å². The molecule has 21 heavy (non-hydrogen) atoms. The number of rotatable bonds is 6. The molecule has 1 fully saturated rings. The van der Waals surface area contributed by atoms with E-state index in [1.165, 1.54) is 19.2 Å². The normalized spacial score (nSPS) is 21.6. The topological polar surface area (TPSA) is 81.7 Å². The molecule has 1 aliphatic rings. The lowest BCUT2D eigenvalue weighted by molar-refractivity contribution is -0.139. The number of sulfonamides is 1. The molecule has 0 unspecified atom stereocenters. The van der Waals surface area contributed by atoms with Crippen molar-refractivity contribution in [2.24, 2.45) is 0 Å². The maximum atomic E-state index is 12.2. The Morgan fingerprint density at radius 3 is 2.38 bits per heavy atom. The average molecular weight is 313 g/mol. The first kappa shape index (κ1) is 15.9. The fourth-order valence-corrected chi connectivity index (χ4v) is 3.43. The highest BCUT2D eigenvalue weighted by Crippen LogP contribution is 2.24. The van der Waals surface area contributed by atoms with Gasteiger partial charge in [-0.05, 0) is 30.5 Å². The summed E-state index contributed by atoms with van der Waals surface area (Å²) in [4.78, 5) is 11.3. The predicted octanol–water partition coefficient (Wildman–Crippen LogP) is 0.858. The minimum absolute atomic E-state index is 0.0744. The summed E-state index contributed by atoms with van der Waals surface area (Å²) in [6.45, 7) is 0. The second kappa shape index (κ2) is 6.55. The van der Waals surface area contributed by atoms with Crippen LogP contribution >= 0.6 is 0 Å². The molecule has 1 aromatic carbocycles. The molecule has 0 heterocycles. The van der Waals surface area contributed by atoms with Gasteiger partial charge in [-0.3, -0.25) is 4.79 Å². The summed E-state index contributed by atoms with van der Waals surface area (Å²) in [6.07, 6.45) is 1.65. The van der Waals surface area contributed by atoms with Crippen molar-refractivity contribution >= 4 is 16.0 Å². The molecule has 2 rings (SSSR count). The third-order valence-electron chi connectivity index (χ3n) is 3.56. The van der Waals surface area contributed by atoms with Crippen molar-refractivity contribution in [2.75, 3.05) is 14.2 Å². The minimum Gasteiger partial charge on any atom is -0.469 e. The van der Waals surface area contributed by atoms with Gasteiger partial charge in [0.25, 0.3) is 0 Å². The number of ether oxygens (including phenoxy) is 2. The maximum Gasteiger partial charge on any atom is 0.309 e. The minimum atomic E-state index is -3.52. The molecule has 6 nitrogen and oxygen atoms in total. The predicted molar refractivity (Wildman–Crippen MR) is 76.3 cm³/mol. The number of hydrogen-bond donors (Lipinski definition) is 1. The van der Waals surface area contributed by atoms with Crippen LogP contribution in [0.3, 0.4) is 0 Å². The molecule has 1 aliphatic carbocycles. The summed E-state index contributed by atoms with van der Waals surface area (Å²) < 4.78 is 36.7. The molecule has 0 atom stereocenters. The second-order valence-electron chi connectivity index (χ2n) is 5.04. The van der Waals surface area contributed by atoms with Gasteiger partial charge in [-0.2, -0.15) is 0 Å². The van der Waals surface area contributed by atoms with E-state index < -0.39 is 10.0 Å². The third-order valence-corrected chi connectivity index (χ3v) is 5.10. The third kappa shape index (κ3) is 4.03. The Labute approximate surface area is 124 Å². The van der Waals surface area contributed by atoms with Crippen LogP contribution in [-0.2, 0) is 30.7 Å². The van der Waals surface area contributed by atoms with Gasteiger partial charge >= 0.3 is 5.97 Å². The number of carbonyl (C=O) groups is 1. The van der Waals surface area contributed by atoms with E-state index in [0.717, 1.165) is 0 Å². The zero-order chi connectivity index (χ0) is 15.5. The van der Waals surface area contributed by atoms with Gasteiger partial charge in [0.1, 0.15) is 0 Å². The van der Waals surface area contributed by atoms with E-state index in [4.69, 9.17) is 4.74 Å². The molecule has 1 N–H and O–H groups in total. The van der Waals surface area contributed by atoms with Crippen molar-refractivity contribution in [3.63, 3.8) is 0 Å². The van der Waals surface area contributed by atoms with Gasteiger partial charge in [0.15, 0.2) is 0 Å². The van der Waals surface area contributed by atoms with Gasteiger partial charge in [-0.1, -0.05) is 12.1 Å². The van der Waals surface area contributed by atoms with E-state index in [0.29, 0.717) is 18.4 Å². The molecule has 0 saturated heterocycles. The first-order valence-electron chi connectivity index (χ1n) is 6.65. The quantitative estimate of drug-likeness (QED) is 0.788. The number of nitrogens with one attached hydrogen (secondary N) is 1. The van der Waals surface area contributed by atoms with Gasteiger partial charge in [0, 0.05) is 13.2 Å². The van der Waals surface area contributed by atoms with Crippen molar-refractivity contribution in [1.82, 2.24) is 4.72 Å². The number of carbonyl (C=O) groups excluding carboxylic acids is 1. The Morgan fingerprint density at radius 1 is 1.24 bits per heavy atom. The summed E-state index contributed by atoms with van der Waals surface area (Å²) in [5.74, 6) is -0.358. The molecule has 0 aromatic heterocycles. The standard InChI is InChI=1S/C14H19NO5S/c1-19-12-8-11(9-12)15-21(17,18)13-5-3-10(4-6-13)7-14(16)20-2/h3-6,11-12,15H,7-9H2,1-2H3. The Hall–Kier alpha value is -1.44. The molecule has 1 aromatic rings. The monoisotopic (exact) mass is 313 g/mol. The fourth-order valence-electron chi connectivity index (χ4n) is 2.17. The van der Waals surface area contributed by atoms with Crippen molar-refractivity contribution in [1.29, 1.82) is 0 Å². The SMILES string of the molecule is COC(=O)Cc1ccc(S(=O)(=O)NC2CC(OC)C2)cc1. The Bertz CT molecular complexity index is 590. The van der Waals surface area contributed by atoms with E-state index in [-0.39, 0.29) is 29.4 Å². The molecule has 0 amide bonds. The highest BCUT2D eigenvalue weighted by atomic mass is 32.2. The van der Waals surface area contributed by atoms with Crippen LogP contribution in [0.5, 0.6) is 0 Å². The maximum absolute atomic E-state index is 12.2. The highest BCUT2D eigenvalue weighted by molar-refractivity contribution is 7.89. The van der Waals surface area contributed by atoms with E-state index in [9.17, 15) is 13.2 Å². The Morgan fingerprint density at radius 2 is 1.86 bits per heavy atom. The lowest BCUT2D eigenvalue weighted by atomic mass is 9.90. The van der Waals surface area contributed by atoms with Crippen LogP contribution in [0.15, 0.2) is 29.2 Å². The smallest absolute Gasteiger partial charge is 0.309 e. The summed E-state index contributed by atoms with van der Waals surface area (Å²) in [5, 5.41) is 0. The van der Waals surface area contributed by atoms with Crippen LogP contribution in [-0.4, -0.2) is 40.8 Å². The van der Waals surface area contributed by atoms with Gasteiger partial charge in [0.2, 0.25) is 10.0 Å². The largest absolute Gasteiger partial charge is 0.469 e. The van der Waals surface area contributed by atoms with E-state index in [2.05, 4.69) is 9.46 Å². The molecule has 1 saturated carbocycles. The zero-order valence-electron chi connectivity index (χ0n) is 12.0. The van der Waals surface area contributed by atoms with Crippen LogP contribution in [0.25, 0.3) is 0 Å². The molecule has 0 radical (unpaired) electrons. The van der Waals surface area contributed by atoms with Crippen molar-refractivity contribution < 1.29 is 22.7 Å². The number of esters is 1. The molecule has 7 heteroatoms. The van der Waals surface area contributed by atoms with Crippen LogP contribution in [0.2, 0.25) is 0 Å². The molecule has 0 bridgehead atoms. The van der Waals surface area contributed by atoms with E-state index >= 15 is 0 Å². The van der Waals surface area contributed by atoms with Gasteiger partial charge < -0.3 is 9.47 Å². The van der Waals surface area contributed by atoms with Crippen molar-refractivity contribution in [3.8, 4) is 0 Å². The van der Waals surface area contributed by atoms with Crippen molar-refractivity contribution in [2.45, 2.75) is 36.3 Å². The average Bonchev–Trinajstić information content (AvgIpc) is 2.42. The highest BCUT2D eigenvalue weighted by Gasteiger charge is 2.32. The first-order valence-corrected chi connectivity index (χ1v) is 8.14. The van der Waals surface area contributed by atoms with Crippen LogP contribution in [0, 0.1) is 0 Å². The fraction of sp³-hybridized carbons (Fsp3) is 0.500. The number of hydrogen-bond acceptors (Lipinski definition) is 5. The van der Waals surface area contributed by atoms with E-state index in [1.807, 2.05) is 0 Å². The summed E-state index contributed by atoms with van der Waals surface area (Å²) in [6, 6.07) is 6.14. The Kier molecular flexibility index (Phi) is 4.97. The van der Waals surface area contributed by atoms with Gasteiger partial charge in [-0.25, -0.2) is 13.1 Å². The van der Waals surface area contributed by atoms with Crippen molar-refractivity contribution in [3.05, 3.63) is 29.8 Å². The Balaban J connectivity index is 1.98. The molecular weight excluding hydrogens is 294 g/mol. The molecule has 0 aliphatic heterocycles. The lowest BCUT2D eigenvalue weighted by Crippen LogP contribution is -2.47. The molecule has 116 valence electrons. The van der Waals surface area contributed by atoms with Crippen LogP contribution < -0.4 is 4.72 Å². The molecule has 0 spiro atoms. The zero-order valence-corrected chi connectivity index (χ0v) is 12.9. The molecular formula is C14H19NO5S. The first-order chi connectivity index (χ1) is 9.94. The van der Waals surface area contributed by atoms with Gasteiger partial charge in [0.05, 0.1) is 24.5 Å². The number of methoxy groups -OCH3 is 2. The summed E-state index contributed by atoms with van der Waals surface area (Å²) >= 11 is 0. The summed E-state index contributed by atoms with van der Waals surface area (Å²) in [7, 11) is -0.588. The number of benzene rings is 1. The summed E-state index contributed by atoms with van der Waals surface area (Å²) in [5.41, 5.74) is 0.712. The van der Waals surface area contributed by atoms with Gasteiger partial charge in [-0.15, -0.1) is 0 Å². The lowest BCUT2D eigenvalue weighted by Gasteiger charge is -2.34. The second-order valence-corrected chi connectivity index (χ2v) is 6.76. The van der Waals surface area contributed by atoms with Crippen LogP contribution in [0.4, 0.5) is 0 Å². The van der Waals surface area contributed by atoms with E-state index in [1.54, 1.807) is 19.2 Å².